The molecule has 0 bridgehead atoms. The van der Waals surface area contributed by atoms with Crippen molar-refractivity contribution < 1.29 is 9.47 Å². The molecule has 1 aromatic heterocycles. The Morgan fingerprint density at radius 3 is 2.29 bits per heavy atom. The predicted octanol–water partition coefficient (Wildman–Crippen LogP) is 7.77. The fourth-order valence-corrected chi connectivity index (χ4v) is 5.50. The Kier molecular flexibility index (Phi) is 5.56. The molecule has 0 N–H and O–H groups in total. The van der Waals surface area contributed by atoms with Gasteiger partial charge >= 0.3 is 0 Å². The molecule has 0 atom stereocenters. The van der Waals surface area contributed by atoms with Crippen molar-refractivity contribution in [2.24, 2.45) is 0 Å². The normalized spacial score (nSPS) is 11.6. The third-order valence-corrected chi connectivity index (χ3v) is 6.81. The highest BCUT2D eigenvalue weighted by molar-refractivity contribution is 7.26. The lowest BCUT2D eigenvalue weighted by atomic mass is 9.97. The number of hydrogen-bond donors (Lipinski definition) is 0. The fraction of sp³-hybridized carbons (Fsp3) is 0.143. The monoisotopic (exact) mass is 424 g/mol. The van der Waals surface area contributed by atoms with E-state index in [0.29, 0.717) is 26.4 Å². The molecule has 154 valence electrons. The third-order valence-electron chi connectivity index (χ3n) is 5.61. The molecule has 0 aliphatic rings. The molecule has 5 rings (SSSR count). The van der Waals surface area contributed by atoms with E-state index in [0.717, 1.165) is 0 Å². The SMILES string of the molecule is C=CCOCc1ccc2ccc3sc4c5ccccc5c(COCC=C)cc4c3c2c1. The van der Waals surface area contributed by atoms with Gasteiger partial charge in [-0.25, -0.2) is 0 Å². The molecule has 4 aromatic carbocycles. The Balaban J connectivity index is 1.77. The van der Waals surface area contributed by atoms with Crippen LogP contribution in [0.4, 0.5) is 0 Å². The highest BCUT2D eigenvalue weighted by Crippen LogP contribution is 2.43. The Hall–Kier alpha value is -2.98. The summed E-state index contributed by atoms with van der Waals surface area (Å²) in [4.78, 5) is 0. The van der Waals surface area contributed by atoms with Crippen LogP contribution in [0.25, 0.3) is 41.7 Å². The van der Waals surface area contributed by atoms with Gasteiger partial charge in [0.05, 0.1) is 26.4 Å². The fourth-order valence-electron chi connectivity index (χ4n) is 4.26. The van der Waals surface area contributed by atoms with Crippen molar-refractivity contribution in [3.05, 3.63) is 97.1 Å². The number of rotatable bonds is 8. The summed E-state index contributed by atoms with van der Waals surface area (Å²) in [6.45, 7) is 9.77. The summed E-state index contributed by atoms with van der Waals surface area (Å²) in [5.74, 6) is 0. The number of hydrogen-bond acceptors (Lipinski definition) is 3. The quantitative estimate of drug-likeness (QED) is 0.187. The maximum Gasteiger partial charge on any atom is 0.0727 e. The van der Waals surface area contributed by atoms with Gasteiger partial charge in [-0.3, -0.25) is 0 Å². The maximum absolute atomic E-state index is 5.84. The minimum absolute atomic E-state index is 0.549. The number of benzene rings is 4. The van der Waals surface area contributed by atoms with Crippen molar-refractivity contribution in [3.8, 4) is 0 Å². The van der Waals surface area contributed by atoms with Crippen LogP contribution in [0.15, 0.2) is 86.0 Å². The van der Waals surface area contributed by atoms with Crippen LogP contribution in [0.3, 0.4) is 0 Å². The van der Waals surface area contributed by atoms with Crippen LogP contribution in [0, 0.1) is 0 Å². The van der Waals surface area contributed by atoms with Gasteiger partial charge in [-0.1, -0.05) is 54.6 Å². The summed E-state index contributed by atoms with van der Waals surface area (Å²) in [6, 6.07) is 22.0. The zero-order chi connectivity index (χ0) is 21.2. The zero-order valence-corrected chi connectivity index (χ0v) is 18.2. The standard InChI is InChI=1S/C28H24O2S/c1-3-13-29-17-19-9-10-20-11-12-26-27(24(20)15-19)25-16-21(18-30-14-4-2)22-7-5-6-8-23(22)28(25)31-26/h3-12,15-16H,1-2,13-14,17-18H2. The van der Waals surface area contributed by atoms with Crippen molar-refractivity contribution in [1.29, 1.82) is 0 Å². The van der Waals surface area contributed by atoms with Gasteiger partial charge in [0.25, 0.3) is 0 Å². The summed E-state index contributed by atoms with van der Waals surface area (Å²) in [7, 11) is 0. The highest BCUT2D eigenvalue weighted by Gasteiger charge is 2.14. The largest absolute Gasteiger partial charge is 0.373 e. The van der Waals surface area contributed by atoms with Gasteiger partial charge in [-0.2, -0.15) is 0 Å². The van der Waals surface area contributed by atoms with Gasteiger partial charge < -0.3 is 9.47 Å². The van der Waals surface area contributed by atoms with Crippen molar-refractivity contribution in [2.45, 2.75) is 13.2 Å². The molecule has 5 aromatic rings. The van der Waals surface area contributed by atoms with E-state index in [2.05, 4.69) is 73.8 Å². The molecule has 0 saturated carbocycles. The summed E-state index contributed by atoms with van der Waals surface area (Å²) >= 11 is 1.87. The first kappa shape index (κ1) is 20.0. The summed E-state index contributed by atoms with van der Waals surface area (Å²) < 4.78 is 14.2. The average Bonchev–Trinajstić information content (AvgIpc) is 3.19. The van der Waals surface area contributed by atoms with E-state index in [-0.39, 0.29) is 0 Å². The molecule has 0 amide bonds. The summed E-state index contributed by atoms with van der Waals surface area (Å²) in [6.07, 6.45) is 3.58. The Labute approximate surface area is 186 Å². The average molecular weight is 425 g/mol. The van der Waals surface area contributed by atoms with Crippen LogP contribution in [0.1, 0.15) is 11.1 Å². The molecular weight excluding hydrogens is 400 g/mol. The third kappa shape index (κ3) is 3.66. The van der Waals surface area contributed by atoms with E-state index in [9.17, 15) is 0 Å². The lowest BCUT2D eigenvalue weighted by Gasteiger charge is -2.09. The first-order valence-electron chi connectivity index (χ1n) is 10.5. The topological polar surface area (TPSA) is 18.5 Å². The lowest BCUT2D eigenvalue weighted by Crippen LogP contribution is -1.94. The number of thiophene rings is 1. The first-order valence-corrected chi connectivity index (χ1v) is 11.3. The van der Waals surface area contributed by atoms with E-state index in [1.54, 1.807) is 12.2 Å². The van der Waals surface area contributed by atoms with E-state index in [1.807, 2.05) is 11.3 Å². The van der Waals surface area contributed by atoms with E-state index in [4.69, 9.17) is 9.47 Å². The molecule has 0 saturated heterocycles. The molecule has 0 spiro atoms. The van der Waals surface area contributed by atoms with E-state index >= 15 is 0 Å². The van der Waals surface area contributed by atoms with Gasteiger partial charge in [0.15, 0.2) is 0 Å². The van der Waals surface area contributed by atoms with Crippen molar-refractivity contribution in [3.63, 3.8) is 0 Å². The minimum Gasteiger partial charge on any atom is -0.373 e. The Morgan fingerprint density at radius 1 is 0.742 bits per heavy atom. The van der Waals surface area contributed by atoms with Crippen molar-refractivity contribution >= 4 is 53.1 Å². The van der Waals surface area contributed by atoms with E-state index in [1.165, 1.54) is 52.8 Å². The van der Waals surface area contributed by atoms with Crippen LogP contribution in [0.5, 0.6) is 0 Å². The second-order valence-corrected chi connectivity index (χ2v) is 8.71. The summed E-state index contributed by atoms with van der Waals surface area (Å²) in [5, 5.41) is 7.68. The molecule has 0 aliphatic carbocycles. The highest BCUT2D eigenvalue weighted by atomic mass is 32.1. The molecule has 0 unspecified atom stereocenters. The molecule has 2 nitrogen and oxygen atoms in total. The van der Waals surface area contributed by atoms with Crippen LogP contribution in [-0.2, 0) is 22.7 Å². The molecule has 3 heteroatoms. The molecular formula is C28H24O2S. The number of ether oxygens (including phenoxy) is 2. The van der Waals surface area contributed by atoms with Crippen LogP contribution in [-0.4, -0.2) is 13.2 Å². The van der Waals surface area contributed by atoms with Crippen LogP contribution >= 0.6 is 11.3 Å². The van der Waals surface area contributed by atoms with Crippen molar-refractivity contribution in [1.82, 2.24) is 0 Å². The smallest absolute Gasteiger partial charge is 0.0727 e. The van der Waals surface area contributed by atoms with Crippen LogP contribution < -0.4 is 0 Å². The first-order chi connectivity index (χ1) is 15.3. The van der Waals surface area contributed by atoms with Gasteiger partial charge in [0, 0.05) is 20.2 Å². The van der Waals surface area contributed by atoms with Crippen LogP contribution in [0.2, 0.25) is 0 Å². The second-order valence-electron chi connectivity index (χ2n) is 7.66. The van der Waals surface area contributed by atoms with Crippen molar-refractivity contribution in [2.75, 3.05) is 13.2 Å². The molecule has 0 aliphatic heterocycles. The zero-order valence-electron chi connectivity index (χ0n) is 17.4. The molecule has 31 heavy (non-hydrogen) atoms. The minimum atomic E-state index is 0.549. The van der Waals surface area contributed by atoms with Gasteiger partial charge in [-0.05, 0) is 50.9 Å². The lowest BCUT2D eigenvalue weighted by molar-refractivity contribution is 0.149. The van der Waals surface area contributed by atoms with Gasteiger partial charge in [-0.15, -0.1) is 24.5 Å². The van der Waals surface area contributed by atoms with Gasteiger partial charge in [0.1, 0.15) is 0 Å². The molecule has 0 radical (unpaired) electrons. The Bertz CT molecular complexity index is 1430. The maximum atomic E-state index is 5.84. The van der Waals surface area contributed by atoms with Gasteiger partial charge in [0.2, 0.25) is 0 Å². The molecule has 1 heterocycles. The Morgan fingerprint density at radius 2 is 1.48 bits per heavy atom. The van der Waals surface area contributed by atoms with E-state index < -0.39 is 0 Å². The molecule has 0 fully saturated rings. The predicted molar refractivity (Wildman–Crippen MR) is 134 cm³/mol. The summed E-state index contributed by atoms with van der Waals surface area (Å²) in [5.41, 5.74) is 2.39. The second kappa shape index (κ2) is 8.64. The number of fused-ring (bicyclic) bond motifs is 7.